The highest BCUT2D eigenvalue weighted by Gasteiger charge is 2.67. The number of amides is 1. The molecule has 1 saturated heterocycles. The van der Waals surface area contributed by atoms with Gasteiger partial charge in [-0.05, 0) is 29.5 Å². The number of anilines is 1. The van der Waals surface area contributed by atoms with Crippen LogP contribution < -0.4 is 10.7 Å². The van der Waals surface area contributed by atoms with Gasteiger partial charge in [-0.15, -0.1) is 0 Å². The number of aliphatic imine (C=N–C) groups is 1. The summed E-state index contributed by atoms with van der Waals surface area (Å²) >= 11 is 1.22. The monoisotopic (exact) mass is 386 g/mol. The topological polar surface area (TPSA) is 56.7 Å². The van der Waals surface area contributed by atoms with E-state index < -0.39 is 10.5 Å². The van der Waals surface area contributed by atoms with Gasteiger partial charge in [-0.2, -0.15) is 0 Å². The third kappa shape index (κ3) is 2.34. The Bertz CT molecular complexity index is 1030. The van der Waals surface area contributed by atoms with E-state index in [1.165, 1.54) is 11.8 Å². The minimum Gasteiger partial charge on any atom is -0.316 e. The molecule has 2 N–H and O–H groups in total. The van der Waals surface area contributed by atoms with E-state index in [1.54, 1.807) is 6.34 Å². The maximum absolute atomic E-state index is 12.7. The standard InChI is InChI=1S/C22H18N4OS/c27-20-24-21(17-10-4-1-5-11-17)22(28-20,18-12-6-2-7-13-18)23-16-26(21)25-19-14-8-3-9-15-19/h1-16,25H,(H,24,27). The molecule has 3 aromatic rings. The van der Waals surface area contributed by atoms with Crippen LogP contribution in [0.15, 0.2) is 96.0 Å². The van der Waals surface area contributed by atoms with Crippen molar-refractivity contribution < 1.29 is 4.79 Å². The van der Waals surface area contributed by atoms with E-state index >= 15 is 0 Å². The summed E-state index contributed by atoms with van der Waals surface area (Å²) in [6.45, 7) is 0. The second-order valence-corrected chi connectivity index (χ2v) is 7.86. The average molecular weight is 386 g/mol. The maximum atomic E-state index is 12.7. The third-order valence-corrected chi connectivity index (χ3v) is 6.33. The van der Waals surface area contributed by atoms with Crippen molar-refractivity contribution in [3.8, 4) is 0 Å². The molecule has 2 heterocycles. The molecule has 3 aromatic carbocycles. The number of carbonyl (C=O) groups is 1. The molecule has 2 atom stereocenters. The molecule has 5 rings (SSSR count). The minimum atomic E-state index is -0.896. The Morgan fingerprint density at radius 1 is 0.821 bits per heavy atom. The van der Waals surface area contributed by atoms with Crippen LogP contribution >= 0.6 is 11.8 Å². The van der Waals surface area contributed by atoms with Crippen molar-refractivity contribution in [1.29, 1.82) is 0 Å². The van der Waals surface area contributed by atoms with Gasteiger partial charge < -0.3 is 5.32 Å². The highest BCUT2D eigenvalue weighted by molar-refractivity contribution is 8.14. The zero-order valence-electron chi connectivity index (χ0n) is 14.9. The maximum Gasteiger partial charge on any atom is 0.284 e. The van der Waals surface area contributed by atoms with Crippen molar-refractivity contribution in [2.45, 2.75) is 10.5 Å². The lowest BCUT2D eigenvalue weighted by Crippen LogP contribution is -2.60. The van der Waals surface area contributed by atoms with Gasteiger partial charge in [0, 0.05) is 5.56 Å². The van der Waals surface area contributed by atoms with Crippen molar-refractivity contribution in [3.63, 3.8) is 0 Å². The van der Waals surface area contributed by atoms with Gasteiger partial charge in [-0.25, -0.2) is 10.0 Å². The van der Waals surface area contributed by atoms with Crippen molar-refractivity contribution in [1.82, 2.24) is 10.3 Å². The number of hydrogen-bond donors (Lipinski definition) is 2. The number of rotatable bonds is 4. The molecule has 2 aliphatic heterocycles. The van der Waals surface area contributed by atoms with Crippen LogP contribution in [0.25, 0.3) is 0 Å². The molecule has 2 unspecified atom stereocenters. The molecule has 0 bridgehead atoms. The summed E-state index contributed by atoms with van der Waals surface area (Å²) in [5.74, 6) is 0. The van der Waals surface area contributed by atoms with E-state index in [0.29, 0.717) is 0 Å². The molecule has 5 nitrogen and oxygen atoms in total. The molecule has 1 fully saturated rings. The molecular weight excluding hydrogens is 368 g/mol. The summed E-state index contributed by atoms with van der Waals surface area (Å²) in [6.07, 6.45) is 1.78. The van der Waals surface area contributed by atoms with Crippen LogP contribution in [-0.4, -0.2) is 16.6 Å². The molecule has 28 heavy (non-hydrogen) atoms. The molecule has 6 heteroatoms. The summed E-state index contributed by atoms with van der Waals surface area (Å²) in [5, 5.41) is 5.02. The largest absolute Gasteiger partial charge is 0.316 e. The number of thioether (sulfide) groups is 1. The van der Waals surface area contributed by atoms with E-state index in [4.69, 9.17) is 4.99 Å². The zero-order valence-corrected chi connectivity index (χ0v) is 15.8. The van der Waals surface area contributed by atoms with E-state index in [-0.39, 0.29) is 5.24 Å². The summed E-state index contributed by atoms with van der Waals surface area (Å²) in [4.78, 5) is 16.8. The number of carbonyl (C=O) groups excluding carboxylic acids is 1. The molecular formula is C22H18N4OS. The van der Waals surface area contributed by atoms with Crippen LogP contribution in [0, 0.1) is 0 Å². The van der Waals surface area contributed by atoms with Crippen molar-refractivity contribution in [2.75, 3.05) is 5.43 Å². The predicted octanol–water partition coefficient (Wildman–Crippen LogP) is 4.52. The second kappa shape index (κ2) is 6.42. The summed E-state index contributed by atoms with van der Waals surface area (Å²) in [5.41, 5.74) is 5.37. The first-order valence-corrected chi connectivity index (χ1v) is 9.85. The smallest absolute Gasteiger partial charge is 0.284 e. The molecule has 0 saturated carbocycles. The predicted molar refractivity (Wildman–Crippen MR) is 113 cm³/mol. The third-order valence-electron chi connectivity index (χ3n) is 5.11. The Kier molecular flexibility index (Phi) is 3.87. The van der Waals surface area contributed by atoms with Gasteiger partial charge in [0.2, 0.25) is 0 Å². The fourth-order valence-electron chi connectivity index (χ4n) is 3.89. The lowest BCUT2D eigenvalue weighted by molar-refractivity contribution is 0.149. The first-order chi connectivity index (χ1) is 13.7. The highest BCUT2D eigenvalue weighted by Crippen LogP contribution is 2.59. The van der Waals surface area contributed by atoms with Crippen LogP contribution in [0.3, 0.4) is 0 Å². The van der Waals surface area contributed by atoms with E-state index in [1.807, 2.05) is 96.0 Å². The first kappa shape index (κ1) is 16.9. The quantitative estimate of drug-likeness (QED) is 0.692. The number of hydrogen-bond acceptors (Lipinski definition) is 5. The van der Waals surface area contributed by atoms with Crippen molar-refractivity contribution in [2.24, 2.45) is 4.99 Å². The van der Waals surface area contributed by atoms with E-state index in [9.17, 15) is 4.79 Å². The number of benzene rings is 3. The molecule has 138 valence electrons. The first-order valence-electron chi connectivity index (χ1n) is 9.03. The molecule has 2 aliphatic rings. The van der Waals surface area contributed by atoms with Crippen LogP contribution in [0.1, 0.15) is 11.1 Å². The number of para-hydroxylation sites is 1. The number of nitrogens with zero attached hydrogens (tertiary/aromatic N) is 2. The SMILES string of the molecule is O=C1NC2(c3ccccc3)N(Nc3ccccc3)C=NC2(c2ccccc2)S1. The van der Waals surface area contributed by atoms with E-state index in [0.717, 1.165) is 16.8 Å². The second-order valence-electron chi connectivity index (χ2n) is 6.69. The fraction of sp³-hybridized carbons (Fsp3) is 0.0909. The van der Waals surface area contributed by atoms with Crippen LogP contribution in [-0.2, 0) is 10.5 Å². The van der Waals surface area contributed by atoms with Gasteiger partial charge in [0.15, 0.2) is 10.5 Å². The van der Waals surface area contributed by atoms with Gasteiger partial charge in [-0.3, -0.25) is 10.2 Å². The Balaban J connectivity index is 1.71. The van der Waals surface area contributed by atoms with Gasteiger partial charge in [0.05, 0.1) is 5.69 Å². The highest BCUT2D eigenvalue weighted by atomic mass is 32.2. The van der Waals surface area contributed by atoms with E-state index in [2.05, 4.69) is 10.7 Å². The normalized spacial score (nSPS) is 25.4. The van der Waals surface area contributed by atoms with Gasteiger partial charge >= 0.3 is 0 Å². The van der Waals surface area contributed by atoms with Crippen LogP contribution in [0.5, 0.6) is 0 Å². The molecule has 0 aromatic heterocycles. The van der Waals surface area contributed by atoms with Crippen LogP contribution in [0.4, 0.5) is 10.5 Å². The lowest BCUT2D eigenvalue weighted by atomic mass is 9.87. The fourth-order valence-corrected chi connectivity index (χ4v) is 5.13. The average Bonchev–Trinajstić information content (AvgIpc) is 3.22. The molecule has 0 spiro atoms. The molecule has 0 aliphatic carbocycles. The number of fused-ring (bicyclic) bond motifs is 1. The Hall–Kier alpha value is -3.25. The van der Waals surface area contributed by atoms with Crippen molar-refractivity contribution in [3.05, 3.63) is 102 Å². The summed E-state index contributed by atoms with van der Waals surface area (Å²) in [7, 11) is 0. The Morgan fingerprint density at radius 3 is 2.04 bits per heavy atom. The zero-order chi connectivity index (χ0) is 19.0. The van der Waals surface area contributed by atoms with Gasteiger partial charge in [-0.1, -0.05) is 78.9 Å². The van der Waals surface area contributed by atoms with Crippen LogP contribution in [0.2, 0.25) is 0 Å². The number of nitrogens with one attached hydrogen (secondary N) is 2. The number of hydrazine groups is 1. The Morgan fingerprint density at radius 2 is 1.39 bits per heavy atom. The Labute approximate surface area is 167 Å². The minimum absolute atomic E-state index is 0.107. The molecule has 1 amide bonds. The summed E-state index contributed by atoms with van der Waals surface area (Å²) in [6, 6.07) is 29.8. The lowest BCUT2D eigenvalue weighted by Gasteiger charge is -2.43. The molecule has 0 radical (unpaired) electrons. The summed E-state index contributed by atoms with van der Waals surface area (Å²) < 4.78 is 0. The van der Waals surface area contributed by atoms with Gasteiger partial charge in [0.1, 0.15) is 6.34 Å². The van der Waals surface area contributed by atoms with Gasteiger partial charge in [0.25, 0.3) is 5.24 Å². The van der Waals surface area contributed by atoms with Crippen molar-refractivity contribution >= 4 is 29.0 Å².